The van der Waals surface area contributed by atoms with Crippen LogP contribution >= 0.6 is 0 Å². The van der Waals surface area contributed by atoms with Crippen molar-refractivity contribution in [1.82, 2.24) is 0 Å². The maximum absolute atomic E-state index is 12.4. The molecule has 0 aliphatic heterocycles. The van der Waals surface area contributed by atoms with Gasteiger partial charge in [-0.1, -0.05) is 31.2 Å². The van der Waals surface area contributed by atoms with Gasteiger partial charge in [-0.2, -0.15) is 0 Å². The fourth-order valence-electron chi connectivity index (χ4n) is 2.27. The Bertz CT molecular complexity index is 706. The van der Waals surface area contributed by atoms with E-state index in [1.807, 2.05) is 71.0 Å². The third-order valence-corrected chi connectivity index (χ3v) is 4.18. The summed E-state index contributed by atoms with van der Waals surface area (Å²) in [5.41, 5.74) is -0.514. The zero-order valence-corrected chi connectivity index (χ0v) is 15.1. The Morgan fingerprint density at radius 2 is 1.62 bits per heavy atom. The van der Waals surface area contributed by atoms with Crippen LogP contribution in [-0.4, -0.2) is 18.9 Å². The molecule has 1 atom stereocenters. The quantitative estimate of drug-likeness (QED) is 0.410. The molecule has 4 heteroatoms. The first-order valence-electron chi connectivity index (χ1n) is 8.41. The second-order valence-corrected chi connectivity index (χ2v) is 6.38. The summed E-state index contributed by atoms with van der Waals surface area (Å²) in [6.07, 6.45) is 0.377. The second-order valence-electron chi connectivity index (χ2n) is 6.38. The fourth-order valence-corrected chi connectivity index (χ4v) is 2.27. The van der Waals surface area contributed by atoms with Crippen molar-refractivity contribution in [3.8, 4) is 11.5 Å². The van der Waals surface area contributed by atoms with E-state index < -0.39 is 5.41 Å². The molecule has 0 amide bonds. The summed E-state index contributed by atoms with van der Waals surface area (Å²) in [4.78, 5) is 12.4. The second kappa shape index (κ2) is 7.67. The van der Waals surface area contributed by atoms with E-state index in [0.29, 0.717) is 18.1 Å². The van der Waals surface area contributed by atoms with Crippen LogP contribution in [0.4, 0.5) is 0 Å². The van der Waals surface area contributed by atoms with Gasteiger partial charge in [0.1, 0.15) is 11.5 Å². The molecule has 0 saturated carbocycles. The lowest BCUT2D eigenvalue weighted by Crippen LogP contribution is -2.28. The van der Waals surface area contributed by atoms with Gasteiger partial charge in [0.15, 0.2) is 6.29 Å². The van der Waals surface area contributed by atoms with Crippen LogP contribution in [0.2, 0.25) is 0 Å². The summed E-state index contributed by atoms with van der Waals surface area (Å²) in [6, 6.07) is 11.3. The predicted octanol–water partition coefficient (Wildman–Crippen LogP) is 4.94. The minimum Gasteiger partial charge on any atom is -0.465 e. The first kappa shape index (κ1) is 18.3. The highest BCUT2D eigenvalue weighted by molar-refractivity contribution is 5.95. The smallest absolute Gasteiger partial charge is 0.316 e. The van der Waals surface area contributed by atoms with Crippen molar-refractivity contribution in [3.05, 3.63) is 36.4 Å². The van der Waals surface area contributed by atoms with E-state index in [1.165, 1.54) is 0 Å². The molecule has 0 fully saturated rings. The van der Waals surface area contributed by atoms with Crippen LogP contribution in [0.5, 0.6) is 11.5 Å². The molecular formula is C20H26O4. The number of hydrogen-bond donors (Lipinski definition) is 0. The minimum absolute atomic E-state index is 0.230. The summed E-state index contributed by atoms with van der Waals surface area (Å²) in [5, 5.41) is 1.74. The number of fused-ring (bicyclic) bond motifs is 1. The van der Waals surface area contributed by atoms with Crippen LogP contribution in [0.1, 0.15) is 41.0 Å². The van der Waals surface area contributed by atoms with Gasteiger partial charge in [0.25, 0.3) is 0 Å². The van der Waals surface area contributed by atoms with Crippen molar-refractivity contribution in [2.75, 3.05) is 6.61 Å². The van der Waals surface area contributed by atoms with Crippen LogP contribution in [0.3, 0.4) is 0 Å². The van der Waals surface area contributed by atoms with Gasteiger partial charge >= 0.3 is 5.97 Å². The highest BCUT2D eigenvalue weighted by Gasteiger charge is 2.28. The van der Waals surface area contributed by atoms with Crippen LogP contribution in [-0.2, 0) is 9.53 Å². The average molecular weight is 330 g/mol. The number of benzene rings is 2. The van der Waals surface area contributed by atoms with Crippen LogP contribution in [0.15, 0.2) is 36.4 Å². The van der Waals surface area contributed by atoms with E-state index in [4.69, 9.17) is 14.2 Å². The summed E-state index contributed by atoms with van der Waals surface area (Å²) >= 11 is 0. The Kier molecular flexibility index (Phi) is 5.84. The zero-order valence-electron chi connectivity index (χ0n) is 15.1. The van der Waals surface area contributed by atoms with Crippen molar-refractivity contribution in [1.29, 1.82) is 0 Å². The lowest BCUT2D eigenvalue weighted by molar-refractivity contribution is -0.144. The molecule has 2 aromatic rings. The largest absolute Gasteiger partial charge is 0.465 e. The van der Waals surface area contributed by atoms with E-state index in [1.54, 1.807) is 0 Å². The molecule has 1 unspecified atom stereocenters. The lowest BCUT2D eigenvalue weighted by Gasteiger charge is -2.21. The van der Waals surface area contributed by atoms with Crippen molar-refractivity contribution in [2.24, 2.45) is 5.41 Å². The molecule has 24 heavy (non-hydrogen) atoms. The van der Waals surface area contributed by atoms with Gasteiger partial charge in [0.2, 0.25) is 0 Å². The van der Waals surface area contributed by atoms with Gasteiger partial charge < -0.3 is 14.2 Å². The molecule has 0 N–H and O–H groups in total. The fraction of sp³-hybridized carbons (Fsp3) is 0.450. The molecule has 4 nitrogen and oxygen atoms in total. The molecule has 0 heterocycles. The summed E-state index contributed by atoms with van der Waals surface area (Å²) < 4.78 is 17.0. The van der Waals surface area contributed by atoms with Gasteiger partial charge in [-0.25, -0.2) is 0 Å². The summed E-state index contributed by atoms with van der Waals surface area (Å²) in [5.74, 6) is 1.03. The van der Waals surface area contributed by atoms with Crippen molar-refractivity contribution >= 4 is 16.7 Å². The highest BCUT2D eigenvalue weighted by atomic mass is 16.7. The van der Waals surface area contributed by atoms with Crippen LogP contribution < -0.4 is 9.47 Å². The van der Waals surface area contributed by atoms with E-state index in [9.17, 15) is 4.79 Å². The van der Waals surface area contributed by atoms with Crippen molar-refractivity contribution in [3.63, 3.8) is 0 Å². The molecule has 2 aromatic carbocycles. The Hall–Kier alpha value is -2.07. The molecule has 0 aliphatic rings. The van der Waals surface area contributed by atoms with Gasteiger partial charge in [0.05, 0.1) is 5.41 Å². The topological polar surface area (TPSA) is 44.8 Å². The van der Waals surface area contributed by atoms with Crippen LogP contribution in [0, 0.1) is 5.41 Å². The Morgan fingerprint density at radius 1 is 1.04 bits per heavy atom. The van der Waals surface area contributed by atoms with E-state index >= 15 is 0 Å². The molecule has 130 valence electrons. The third kappa shape index (κ3) is 4.06. The molecular weight excluding hydrogens is 304 g/mol. The number of rotatable bonds is 7. The number of hydrogen-bond acceptors (Lipinski definition) is 4. The molecule has 2 rings (SSSR count). The van der Waals surface area contributed by atoms with Crippen molar-refractivity contribution < 1.29 is 19.0 Å². The van der Waals surface area contributed by atoms with E-state index in [2.05, 4.69) is 0 Å². The normalized spacial score (nSPS) is 12.9. The Labute approximate surface area is 143 Å². The zero-order chi connectivity index (χ0) is 17.7. The van der Waals surface area contributed by atoms with Crippen LogP contribution in [0.25, 0.3) is 10.8 Å². The third-order valence-electron chi connectivity index (χ3n) is 4.18. The maximum atomic E-state index is 12.4. The standard InChI is InChI=1S/C20H26O4/c1-6-20(4,5)19(21)24-18-13-9-10-15-16(18)11-8-12-17(15)23-14(3)22-7-2/h8-14H,6-7H2,1-5H3. The van der Waals surface area contributed by atoms with Gasteiger partial charge in [-0.3, -0.25) is 4.79 Å². The predicted molar refractivity (Wildman–Crippen MR) is 95.4 cm³/mol. The Balaban J connectivity index is 2.35. The summed E-state index contributed by atoms with van der Waals surface area (Å²) in [6.45, 7) is 10.1. The molecule has 0 spiro atoms. The SMILES string of the molecule is CCOC(C)Oc1cccc2c(OC(=O)C(C)(C)CC)cccc12. The molecule has 0 bridgehead atoms. The van der Waals surface area contributed by atoms with Gasteiger partial charge in [0, 0.05) is 17.4 Å². The minimum atomic E-state index is -0.514. The summed E-state index contributed by atoms with van der Waals surface area (Å²) in [7, 11) is 0. The average Bonchev–Trinajstić information content (AvgIpc) is 2.55. The van der Waals surface area contributed by atoms with Gasteiger partial charge in [-0.15, -0.1) is 0 Å². The number of ether oxygens (including phenoxy) is 3. The first-order chi connectivity index (χ1) is 11.4. The Morgan fingerprint density at radius 3 is 2.21 bits per heavy atom. The van der Waals surface area contributed by atoms with E-state index in [0.717, 1.165) is 17.2 Å². The number of esters is 1. The molecule has 0 saturated heterocycles. The van der Waals surface area contributed by atoms with Crippen molar-refractivity contribution in [2.45, 2.75) is 47.3 Å². The first-order valence-corrected chi connectivity index (χ1v) is 8.41. The number of carbonyl (C=O) groups is 1. The maximum Gasteiger partial charge on any atom is 0.316 e. The van der Waals surface area contributed by atoms with E-state index in [-0.39, 0.29) is 12.3 Å². The molecule has 0 aromatic heterocycles. The number of carbonyl (C=O) groups excluding carboxylic acids is 1. The monoisotopic (exact) mass is 330 g/mol. The molecule has 0 aliphatic carbocycles. The lowest BCUT2D eigenvalue weighted by atomic mass is 9.90. The molecule has 0 radical (unpaired) electrons. The highest BCUT2D eigenvalue weighted by Crippen LogP contribution is 2.34. The van der Waals surface area contributed by atoms with Gasteiger partial charge in [-0.05, 0) is 46.2 Å².